The van der Waals surface area contributed by atoms with Crippen molar-refractivity contribution < 1.29 is 19.1 Å². The number of hydrogen-bond donors (Lipinski definition) is 1. The van der Waals surface area contributed by atoms with E-state index >= 15 is 0 Å². The number of carbonyl (C=O) groups excluding carboxylic acids is 3. The fourth-order valence-electron chi connectivity index (χ4n) is 5.39. The molecular formula is C27H26N4O4. The minimum atomic E-state index is -0.607. The number of amides is 3. The van der Waals surface area contributed by atoms with Gasteiger partial charge in [0.15, 0.2) is 0 Å². The summed E-state index contributed by atoms with van der Waals surface area (Å²) in [6.45, 7) is 2.98. The van der Waals surface area contributed by atoms with Crippen LogP contribution in [0.5, 0.6) is 5.75 Å². The normalized spacial score (nSPS) is 22.5. The maximum atomic E-state index is 12.9. The molecule has 0 radical (unpaired) electrons. The molecule has 0 aliphatic carbocycles. The number of carbonyl (C=O) groups is 3. The van der Waals surface area contributed by atoms with E-state index in [1.165, 1.54) is 10.9 Å². The van der Waals surface area contributed by atoms with Crippen molar-refractivity contribution in [3.05, 3.63) is 71.4 Å². The van der Waals surface area contributed by atoms with Crippen LogP contribution in [0.15, 0.2) is 54.7 Å². The van der Waals surface area contributed by atoms with Crippen molar-refractivity contribution in [1.82, 2.24) is 20.1 Å². The van der Waals surface area contributed by atoms with E-state index in [2.05, 4.69) is 27.3 Å². The Morgan fingerprint density at radius 3 is 2.83 bits per heavy atom. The first-order valence-corrected chi connectivity index (χ1v) is 12.0. The lowest BCUT2D eigenvalue weighted by atomic mass is 10.0. The Morgan fingerprint density at radius 1 is 1.06 bits per heavy atom. The van der Waals surface area contributed by atoms with E-state index < -0.39 is 11.9 Å². The number of pyridine rings is 1. The van der Waals surface area contributed by atoms with Crippen LogP contribution >= 0.6 is 0 Å². The Balaban J connectivity index is 1.10. The molecular weight excluding hydrogens is 444 g/mol. The molecule has 0 saturated carbocycles. The van der Waals surface area contributed by atoms with E-state index in [1.54, 1.807) is 11.0 Å². The summed E-state index contributed by atoms with van der Waals surface area (Å²) in [5.41, 5.74) is 3.73. The SMILES string of the molecule is O=C1CCC(N2Cc3cc(OC4CCN(Cc5ccnc6ccccc56)C4)ccc3C2=O)C(=O)N1. The molecule has 6 rings (SSSR count). The molecule has 8 nitrogen and oxygen atoms in total. The third-order valence-electron chi connectivity index (χ3n) is 7.16. The fraction of sp³-hybridized carbons (Fsp3) is 0.333. The van der Waals surface area contributed by atoms with E-state index in [9.17, 15) is 14.4 Å². The van der Waals surface area contributed by atoms with E-state index in [1.807, 2.05) is 36.5 Å². The van der Waals surface area contributed by atoms with Gasteiger partial charge in [-0.2, -0.15) is 0 Å². The zero-order valence-corrected chi connectivity index (χ0v) is 19.3. The Morgan fingerprint density at radius 2 is 1.94 bits per heavy atom. The lowest BCUT2D eigenvalue weighted by Gasteiger charge is -2.29. The highest BCUT2D eigenvalue weighted by atomic mass is 16.5. The van der Waals surface area contributed by atoms with Gasteiger partial charge in [-0.25, -0.2) is 0 Å². The van der Waals surface area contributed by atoms with Crippen molar-refractivity contribution in [1.29, 1.82) is 0 Å². The van der Waals surface area contributed by atoms with Crippen LogP contribution in [0.25, 0.3) is 10.9 Å². The summed E-state index contributed by atoms with van der Waals surface area (Å²) in [5.74, 6) is -0.110. The second-order valence-electron chi connectivity index (χ2n) is 9.47. The highest BCUT2D eigenvalue weighted by Crippen LogP contribution is 2.31. The van der Waals surface area contributed by atoms with Gasteiger partial charge in [-0.05, 0) is 54.3 Å². The van der Waals surface area contributed by atoms with Crippen LogP contribution in [0.2, 0.25) is 0 Å². The molecule has 3 amide bonds. The van der Waals surface area contributed by atoms with Crippen molar-refractivity contribution in [2.24, 2.45) is 0 Å². The van der Waals surface area contributed by atoms with Crippen molar-refractivity contribution >= 4 is 28.6 Å². The van der Waals surface area contributed by atoms with Crippen LogP contribution in [0.3, 0.4) is 0 Å². The average Bonchev–Trinajstić information content (AvgIpc) is 3.43. The number of ether oxygens (including phenoxy) is 1. The minimum Gasteiger partial charge on any atom is -0.489 e. The van der Waals surface area contributed by atoms with E-state index in [-0.39, 0.29) is 24.3 Å². The third kappa shape index (κ3) is 4.14. The van der Waals surface area contributed by atoms with Gasteiger partial charge in [0.1, 0.15) is 17.9 Å². The summed E-state index contributed by atoms with van der Waals surface area (Å²) < 4.78 is 6.30. The van der Waals surface area contributed by atoms with Crippen LogP contribution < -0.4 is 10.1 Å². The molecule has 4 heterocycles. The predicted molar refractivity (Wildman–Crippen MR) is 129 cm³/mol. The van der Waals surface area contributed by atoms with E-state index in [0.717, 1.165) is 42.9 Å². The van der Waals surface area contributed by atoms with E-state index in [0.29, 0.717) is 18.5 Å². The Hall–Kier alpha value is -3.78. The molecule has 2 atom stereocenters. The second-order valence-corrected chi connectivity index (χ2v) is 9.47. The van der Waals surface area contributed by atoms with Crippen LogP contribution in [0.1, 0.15) is 40.7 Å². The Kier molecular flexibility index (Phi) is 5.45. The topological polar surface area (TPSA) is 91.8 Å². The summed E-state index contributed by atoms with van der Waals surface area (Å²) in [5, 5.41) is 3.52. The van der Waals surface area contributed by atoms with Crippen molar-refractivity contribution in [2.45, 2.75) is 44.5 Å². The fourth-order valence-corrected chi connectivity index (χ4v) is 5.39. The van der Waals surface area contributed by atoms with Crippen LogP contribution in [-0.2, 0) is 22.7 Å². The van der Waals surface area contributed by atoms with Crippen molar-refractivity contribution in [3.63, 3.8) is 0 Å². The zero-order valence-electron chi connectivity index (χ0n) is 19.3. The molecule has 2 fully saturated rings. The predicted octanol–water partition coefficient (Wildman–Crippen LogP) is 2.65. The molecule has 3 aromatic rings. The van der Waals surface area contributed by atoms with Gasteiger partial charge in [0.2, 0.25) is 11.8 Å². The smallest absolute Gasteiger partial charge is 0.255 e. The lowest BCUT2D eigenvalue weighted by molar-refractivity contribution is -0.136. The molecule has 0 spiro atoms. The first-order chi connectivity index (χ1) is 17.0. The lowest BCUT2D eigenvalue weighted by Crippen LogP contribution is -2.52. The average molecular weight is 471 g/mol. The molecule has 3 aliphatic heterocycles. The summed E-state index contributed by atoms with van der Waals surface area (Å²) in [4.78, 5) is 45.0. The molecule has 2 saturated heterocycles. The maximum Gasteiger partial charge on any atom is 0.255 e. The number of likely N-dealkylation sites (tertiary alicyclic amines) is 1. The number of nitrogens with zero attached hydrogens (tertiary/aromatic N) is 3. The van der Waals surface area contributed by atoms with Gasteiger partial charge in [-0.3, -0.25) is 29.6 Å². The third-order valence-corrected chi connectivity index (χ3v) is 7.16. The number of aromatic nitrogens is 1. The first-order valence-electron chi connectivity index (χ1n) is 12.0. The number of benzene rings is 2. The monoisotopic (exact) mass is 470 g/mol. The van der Waals surface area contributed by atoms with Crippen molar-refractivity contribution in [3.8, 4) is 5.75 Å². The molecule has 1 N–H and O–H groups in total. The van der Waals surface area contributed by atoms with Crippen LogP contribution in [0, 0.1) is 0 Å². The van der Waals surface area contributed by atoms with Crippen LogP contribution in [-0.4, -0.2) is 57.7 Å². The molecule has 35 heavy (non-hydrogen) atoms. The number of rotatable bonds is 5. The van der Waals surface area contributed by atoms with Gasteiger partial charge >= 0.3 is 0 Å². The summed E-state index contributed by atoms with van der Waals surface area (Å²) in [6.07, 6.45) is 3.48. The van der Waals surface area contributed by atoms with Gasteiger partial charge in [-0.15, -0.1) is 0 Å². The molecule has 3 aliphatic rings. The molecule has 8 heteroatoms. The van der Waals surface area contributed by atoms with Crippen molar-refractivity contribution in [2.75, 3.05) is 13.1 Å². The summed E-state index contributed by atoms with van der Waals surface area (Å²) >= 11 is 0. The zero-order chi connectivity index (χ0) is 23.9. The molecule has 178 valence electrons. The Bertz CT molecular complexity index is 1330. The highest BCUT2D eigenvalue weighted by Gasteiger charge is 2.39. The standard InChI is InChI=1S/C27H26N4O4/c32-25-8-7-24(26(33)29-25)31-15-18-13-19(5-6-22(18)27(31)34)35-20-10-12-30(16-20)14-17-9-11-28-23-4-2-1-3-21(17)23/h1-6,9,11,13,20,24H,7-8,10,12,14-16H2,(H,29,32,33). The van der Waals surface area contributed by atoms with Crippen LogP contribution in [0.4, 0.5) is 0 Å². The van der Waals surface area contributed by atoms with Gasteiger partial charge < -0.3 is 9.64 Å². The van der Waals surface area contributed by atoms with Gasteiger partial charge in [-0.1, -0.05) is 18.2 Å². The largest absolute Gasteiger partial charge is 0.489 e. The molecule has 1 aromatic heterocycles. The quantitative estimate of drug-likeness (QED) is 0.577. The number of imide groups is 1. The number of nitrogens with one attached hydrogen (secondary N) is 1. The van der Waals surface area contributed by atoms with Gasteiger partial charge in [0, 0.05) is 49.7 Å². The minimum absolute atomic E-state index is 0.0736. The summed E-state index contributed by atoms with van der Waals surface area (Å²) in [6, 6.07) is 15.2. The number of para-hydroxylation sites is 1. The van der Waals surface area contributed by atoms with Gasteiger partial charge in [0.05, 0.1) is 5.52 Å². The number of hydrogen-bond acceptors (Lipinski definition) is 6. The molecule has 0 bridgehead atoms. The first kappa shape index (κ1) is 21.7. The molecule has 2 unspecified atom stereocenters. The second kappa shape index (κ2) is 8.78. The molecule has 2 aromatic carbocycles. The Labute approximate surface area is 202 Å². The highest BCUT2D eigenvalue weighted by molar-refractivity contribution is 6.05. The maximum absolute atomic E-state index is 12.9. The number of fused-ring (bicyclic) bond motifs is 2. The summed E-state index contributed by atoms with van der Waals surface area (Å²) in [7, 11) is 0. The number of piperidine rings is 1. The van der Waals surface area contributed by atoms with E-state index in [4.69, 9.17) is 4.74 Å². The van der Waals surface area contributed by atoms with Gasteiger partial charge in [0.25, 0.3) is 5.91 Å².